The Labute approximate surface area is 116 Å². The van der Waals surface area contributed by atoms with E-state index < -0.39 is 6.10 Å². The van der Waals surface area contributed by atoms with Crippen molar-refractivity contribution in [1.82, 2.24) is 0 Å². The number of carbonyl (C=O) groups is 1. The van der Waals surface area contributed by atoms with Crippen molar-refractivity contribution in [3.63, 3.8) is 0 Å². The van der Waals surface area contributed by atoms with E-state index in [1.165, 1.54) is 0 Å². The van der Waals surface area contributed by atoms with E-state index in [-0.39, 0.29) is 5.97 Å². The summed E-state index contributed by atoms with van der Waals surface area (Å²) in [5, 5.41) is 0. The quantitative estimate of drug-likeness (QED) is 0.804. The molecular weight excluding hydrogens is 256 g/mol. The molecule has 0 amide bonds. The molecule has 4 nitrogen and oxygen atoms in total. The van der Waals surface area contributed by atoms with E-state index in [9.17, 15) is 4.79 Å². The van der Waals surface area contributed by atoms with E-state index in [2.05, 4.69) is 0 Å². The average Bonchev–Trinajstić information content (AvgIpc) is 2.83. The minimum Gasteiger partial charge on any atom is -0.496 e. The molecule has 0 N–H and O–H groups in total. The van der Waals surface area contributed by atoms with E-state index in [0.717, 1.165) is 11.1 Å². The van der Waals surface area contributed by atoms with Crippen LogP contribution < -0.4 is 9.47 Å². The van der Waals surface area contributed by atoms with E-state index in [1.54, 1.807) is 20.3 Å². The number of benzene rings is 2. The van der Waals surface area contributed by atoms with Crippen LogP contribution in [0.4, 0.5) is 0 Å². The minimum absolute atomic E-state index is 0.321. The van der Waals surface area contributed by atoms with Gasteiger partial charge in [0, 0.05) is 5.56 Å². The molecule has 1 unspecified atom stereocenters. The fraction of sp³-hybridized carbons (Fsp3) is 0.188. The Morgan fingerprint density at radius 2 is 1.60 bits per heavy atom. The topological polar surface area (TPSA) is 44.8 Å². The zero-order valence-corrected chi connectivity index (χ0v) is 11.3. The van der Waals surface area contributed by atoms with Gasteiger partial charge in [-0.3, -0.25) is 0 Å². The van der Waals surface area contributed by atoms with Gasteiger partial charge in [-0.25, -0.2) is 4.79 Å². The van der Waals surface area contributed by atoms with E-state index >= 15 is 0 Å². The van der Waals surface area contributed by atoms with Gasteiger partial charge in [0.05, 0.1) is 25.3 Å². The second-order valence-corrected chi connectivity index (χ2v) is 4.45. The highest BCUT2D eigenvalue weighted by molar-refractivity contribution is 5.94. The lowest BCUT2D eigenvalue weighted by Crippen LogP contribution is -2.05. The number of ether oxygens (including phenoxy) is 3. The summed E-state index contributed by atoms with van der Waals surface area (Å²) < 4.78 is 16.3. The number of esters is 1. The smallest absolute Gasteiger partial charge is 0.339 e. The Hall–Kier alpha value is -2.49. The molecule has 4 heteroatoms. The van der Waals surface area contributed by atoms with Gasteiger partial charge in [-0.1, -0.05) is 24.3 Å². The average molecular weight is 270 g/mol. The standard InChI is InChI=1S/C16H14O4/c1-18-12-8-5-9-13(19-2)14(12)15-10-6-3-4-7-11(10)16(17)20-15/h3-9,15H,1-2H3. The first-order valence-electron chi connectivity index (χ1n) is 6.27. The van der Waals surface area contributed by atoms with Crippen LogP contribution in [0.15, 0.2) is 42.5 Å². The molecule has 1 heterocycles. The molecule has 102 valence electrons. The first-order chi connectivity index (χ1) is 9.76. The van der Waals surface area contributed by atoms with Crippen LogP contribution in [0, 0.1) is 0 Å². The number of methoxy groups -OCH3 is 2. The van der Waals surface area contributed by atoms with Crippen LogP contribution in [-0.2, 0) is 4.74 Å². The molecule has 0 saturated heterocycles. The van der Waals surface area contributed by atoms with Crippen molar-refractivity contribution in [3.05, 3.63) is 59.2 Å². The van der Waals surface area contributed by atoms with Crippen LogP contribution in [0.5, 0.6) is 11.5 Å². The molecule has 0 saturated carbocycles. The second-order valence-electron chi connectivity index (χ2n) is 4.45. The first-order valence-corrected chi connectivity index (χ1v) is 6.27. The van der Waals surface area contributed by atoms with Crippen molar-refractivity contribution < 1.29 is 19.0 Å². The van der Waals surface area contributed by atoms with Gasteiger partial charge in [-0.05, 0) is 18.2 Å². The second kappa shape index (κ2) is 4.89. The molecule has 0 aromatic heterocycles. The van der Waals surface area contributed by atoms with E-state index in [0.29, 0.717) is 17.1 Å². The van der Waals surface area contributed by atoms with Crippen molar-refractivity contribution in [2.24, 2.45) is 0 Å². The highest BCUT2D eigenvalue weighted by Gasteiger charge is 2.35. The maximum absolute atomic E-state index is 11.9. The lowest BCUT2D eigenvalue weighted by molar-refractivity contribution is 0.0449. The maximum Gasteiger partial charge on any atom is 0.339 e. The summed E-state index contributed by atoms with van der Waals surface area (Å²) >= 11 is 0. The molecule has 1 aliphatic rings. The van der Waals surface area contributed by atoms with Crippen molar-refractivity contribution in [2.75, 3.05) is 14.2 Å². The number of carbonyl (C=O) groups excluding carboxylic acids is 1. The Kier molecular flexibility index (Phi) is 3.06. The summed E-state index contributed by atoms with van der Waals surface area (Å²) in [4.78, 5) is 11.9. The third-order valence-corrected chi connectivity index (χ3v) is 3.42. The molecule has 2 aromatic carbocycles. The van der Waals surface area contributed by atoms with Gasteiger partial charge in [0.15, 0.2) is 6.10 Å². The monoisotopic (exact) mass is 270 g/mol. The summed E-state index contributed by atoms with van der Waals surface area (Å²) in [6, 6.07) is 12.8. The van der Waals surface area contributed by atoms with Gasteiger partial charge >= 0.3 is 5.97 Å². The molecule has 0 fully saturated rings. The van der Waals surface area contributed by atoms with Crippen LogP contribution in [0.3, 0.4) is 0 Å². The summed E-state index contributed by atoms with van der Waals surface area (Å²) in [6.45, 7) is 0. The summed E-state index contributed by atoms with van der Waals surface area (Å²) in [6.07, 6.45) is -0.496. The highest BCUT2D eigenvalue weighted by atomic mass is 16.6. The fourth-order valence-electron chi connectivity index (χ4n) is 2.50. The molecule has 2 aromatic rings. The predicted molar refractivity (Wildman–Crippen MR) is 73.2 cm³/mol. The third-order valence-electron chi connectivity index (χ3n) is 3.42. The fourth-order valence-corrected chi connectivity index (χ4v) is 2.50. The zero-order valence-electron chi connectivity index (χ0n) is 11.3. The van der Waals surface area contributed by atoms with Crippen LogP contribution in [-0.4, -0.2) is 20.2 Å². The van der Waals surface area contributed by atoms with Crippen LogP contribution in [0.25, 0.3) is 0 Å². The Balaban J connectivity index is 2.18. The lowest BCUT2D eigenvalue weighted by atomic mass is 9.98. The molecule has 20 heavy (non-hydrogen) atoms. The minimum atomic E-state index is -0.496. The molecular formula is C16H14O4. The van der Waals surface area contributed by atoms with E-state index in [1.807, 2.05) is 36.4 Å². The maximum atomic E-state index is 11.9. The number of rotatable bonds is 3. The third kappa shape index (κ3) is 1.81. The van der Waals surface area contributed by atoms with Gasteiger partial charge in [-0.2, -0.15) is 0 Å². The Bertz CT molecular complexity index is 641. The number of hydrogen-bond donors (Lipinski definition) is 0. The zero-order chi connectivity index (χ0) is 14.1. The first kappa shape index (κ1) is 12.5. The Morgan fingerprint density at radius 1 is 0.950 bits per heavy atom. The van der Waals surface area contributed by atoms with Crippen molar-refractivity contribution in [3.8, 4) is 11.5 Å². The highest BCUT2D eigenvalue weighted by Crippen LogP contribution is 2.43. The number of hydrogen-bond acceptors (Lipinski definition) is 4. The van der Waals surface area contributed by atoms with Gasteiger partial charge in [0.2, 0.25) is 0 Å². The van der Waals surface area contributed by atoms with E-state index in [4.69, 9.17) is 14.2 Å². The van der Waals surface area contributed by atoms with Crippen molar-refractivity contribution in [2.45, 2.75) is 6.10 Å². The van der Waals surface area contributed by atoms with Gasteiger partial charge in [0.1, 0.15) is 11.5 Å². The van der Waals surface area contributed by atoms with Crippen LogP contribution in [0.2, 0.25) is 0 Å². The number of fused-ring (bicyclic) bond motifs is 1. The summed E-state index contributed by atoms with van der Waals surface area (Å²) in [5.41, 5.74) is 2.15. The lowest BCUT2D eigenvalue weighted by Gasteiger charge is -2.18. The van der Waals surface area contributed by atoms with Crippen molar-refractivity contribution >= 4 is 5.97 Å². The van der Waals surface area contributed by atoms with Gasteiger partial charge in [-0.15, -0.1) is 0 Å². The van der Waals surface area contributed by atoms with Gasteiger partial charge in [0.25, 0.3) is 0 Å². The van der Waals surface area contributed by atoms with Crippen LogP contribution in [0.1, 0.15) is 27.6 Å². The predicted octanol–water partition coefficient (Wildman–Crippen LogP) is 2.96. The molecule has 3 rings (SSSR count). The van der Waals surface area contributed by atoms with Gasteiger partial charge < -0.3 is 14.2 Å². The van der Waals surface area contributed by atoms with Crippen LogP contribution >= 0.6 is 0 Å². The molecule has 1 aliphatic heterocycles. The summed E-state index contributed by atoms with van der Waals surface area (Å²) in [7, 11) is 3.17. The molecule has 0 aliphatic carbocycles. The Morgan fingerprint density at radius 3 is 2.25 bits per heavy atom. The SMILES string of the molecule is COc1cccc(OC)c1C1OC(=O)c2ccccc21. The van der Waals surface area contributed by atoms with Crippen molar-refractivity contribution in [1.29, 1.82) is 0 Å². The molecule has 1 atom stereocenters. The summed E-state index contributed by atoms with van der Waals surface area (Å²) in [5.74, 6) is 0.955. The molecule has 0 radical (unpaired) electrons. The number of cyclic esters (lactones) is 1. The molecule has 0 bridgehead atoms. The molecule has 0 spiro atoms. The largest absolute Gasteiger partial charge is 0.496 e. The normalized spacial score (nSPS) is 16.5.